The van der Waals surface area contributed by atoms with Crippen LogP contribution in [-0.2, 0) is 4.79 Å². The highest BCUT2D eigenvalue weighted by Crippen LogP contribution is 1.91. The molecule has 48 valence electrons. The minimum absolute atomic E-state index is 0.412. The molecule has 0 aromatic rings. The first kappa shape index (κ1) is 7.77. The van der Waals surface area contributed by atoms with Crippen molar-refractivity contribution >= 4 is 5.91 Å². The minimum atomic E-state index is -0.412. The Kier molecular flexibility index (Phi) is 3.22. The molecule has 0 aliphatic heterocycles. The normalized spacial score (nSPS) is 10.4. The van der Waals surface area contributed by atoms with Gasteiger partial charge in [0.2, 0.25) is 5.91 Å². The maximum absolute atomic E-state index is 10.3. The molecule has 0 aromatic heterocycles. The van der Waals surface area contributed by atoms with Gasteiger partial charge in [0.05, 0.1) is 0 Å². The van der Waals surface area contributed by atoms with Crippen molar-refractivity contribution in [2.45, 2.75) is 13.3 Å². The molecule has 0 radical (unpaired) electrons. The van der Waals surface area contributed by atoms with Gasteiger partial charge >= 0.3 is 0 Å². The van der Waals surface area contributed by atoms with E-state index >= 15 is 0 Å². The van der Waals surface area contributed by atoms with Crippen molar-refractivity contribution in [3.63, 3.8) is 0 Å². The van der Waals surface area contributed by atoms with E-state index in [1.54, 1.807) is 13.0 Å². The van der Waals surface area contributed by atoms with E-state index in [0.717, 1.165) is 0 Å². The highest BCUT2D eigenvalue weighted by atomic mass is 16.1. The predicted octanol–water partition coefficient (Wildman–Crippen LogP) is 0.441. The lowest BCUT2D eigenvalue weighted by Crippen LogP contribution is -2.11. The highest BCUT2D eigenvalue weighted by molar-refractivity contribution is 5.91. The maximum atomic E-state index is 10.3. The van der Waals surface area contributed by atoms with Crippen molar-refractivity contribution in [2.24, 2.45) is 5.73 Å². The molecular formula is C7H9NO. The molecule has 0 bridgehead atoms. The molecule has 0 aliphatic rings. The van der Waals surface area contributed by atoms with Gasteiger partial charge < -0.3 is 5.73 Å². The molecular weight excluding hydrogens is 114 g/mol. The highest BCUT2D eigenvalue weighted by Gasteiger charge is 1.92. The van der Waals surface area contributed by atoms with Crippen LogP contribution in [0.3, 0.4) is 0 Å². The SMILES string of the molecule is C#CCC=C(C)C(N)=O. The molecule has 2 nitrogen and oxygen atoms in total. The summed E-state index contributed by atoms with van der Waals surface area (Å²) < 4.78 is 0. The second kappa shape index (κ2) is 3.73. The average molecular weight is 123 g/mol. The maximum Gasteiger partial charge on any atom is 0.244 e. The zero-order valence-electron chi connectivity index (χ0n) is 5.35. The standard InChI is InChI=1S/C7H9NO/c1-3-4-5-6(2)7(8)9/h1,5H,4H2,2H3,(H2,8,9). The van der Waals surface area contributed by atoms with Gasteiger partial charge in [-0.25, -0.2) is 0 Å². The zero-order chi connectivity index (χ0) is 7.28. The lowest BCUT2D eigenvalue weighted by atomic mass is 10.2. The van der Waals surface area contributed by atoms with Crippen LogP contribution in [0.2, 0.25) is 0 Å². The van der Waals surface area contributed by atoms with Crippen LogP contribution >= 0.6 is 0 Å². The van der Waals surface area contributed by atoms with E-state index in [0.29, 0.717) is 12.0 Å². The summed E-state index contributed by atoms with van der Waals surface area (Å²) >= 11 is 0. The fourth-order valence-electron chi connectivity index (χ4n) is 0.313. The number of hydrogen-bond acceptors (Lipinski definition) is 1. The number of rotatable bonds is 2. The Labute approximate surface area is 54.7 Å². The smallest absolute Gasteiger partial charge is 0.244 e. The largest absolute Gasteiger partial charge is 0.366 e. The van der Waals surface area contributed by atoms with Gasteiger partial charge in [-0.2, -0.15) is 0 Å². The van der Waals surface area contributed by atoms with Gasteiger partial charge in [0.15, 0.2) is 0 Å². The Morgan fingerprint density at radius 1 is 1.89 bits per heavy atom. The lowest BCUT2D eigenvalue weighted by Gasteiger charge is -1.88. The first-order valence-electron chi connectivity index (χ1n) is 2.58. The van der Waals surface area contributed by atoms with Gasteiger partial charge in [-0.1, -0.05) is 6.08 Å². The number of carbonyl (C=O) groups excluding carboxylic acids is 1. The number of nitrogens with two attached hydrogens (primary N) is 1. The van der Waals surface area contributed by atoms with Crippen LogP contribution in [0.25, 0.3) is 0 Å². The van der Waals surface area contributed by atoms with Gasteiger partial charge in [-0.05, 0) is 6.92 Å². The zero-order valence-corrected chi connectivity index (χ0v) is 5.35. The van der Waals surface area contributed by atoms with Crippen LogP contribution in [0, 0.1) is 12.3 Å². The lowest BCUT2D eigenvalue weighted by molar-refractivity contribution is -0.114. The molecule has 2 heteroatoms. The van der Waals surface area contributed by atoms with Crippen LogP contribution in [0.15, 0.2) is 11.6 Å². The first-order valence-corrected chi connectivity index (χ1v) is 2.58. The Morgan fingerprint density at radius 2 is 2.44 bits per heavy atom. The van der Waals surface area contributed by atoms with Crippen molar-refractivity contribution in [2.75, 3.05) is 0 Å². The summed E-state index contributed by atoms with van der Waals surface area (Å²) in [6, 6.07) is 0. The molecule has 0 heterocycles. The summed E-state index contributed by atoms with van der Waals surface area (Å²) in [7, 11) is 0. The van der Waals surface area contributed by atoms with Crippen molar-refractivity contribution in [1.82, 2.24) is 0 Å². The fraction of sp³-hybridized carbons (Fsp3) is 0.286. The van der Waals surface area contributed by atoms with E-state index in [1.165, 1.54) is 0 Å². The van der Waals surface area contributed by atoms with Gasteiger partial charge in [0.25, 0.3) is 0 Å². The molecule has 9 heavy (non-hydrogen) atoms. The summed E-state index contributed by atoms with van der Waals surface area (Å²) in [4.78, 5) is 10.3. The van der Waals surface area contributed by atoms with E-state index in [-0.39, 0.29) is 0 Å². The number of allylic oxidation sites excluding steroid dienone is 1. The van der Waals surface area contributed by atoms with E-state index < -0.39 is 5.91 Å². The molecule has 2 N–H and O–H groups in total. The Bertz CT molecular complexity index is 174. The van der Waals surface area contributed by atoms with E-state index in [9.17, 15) is 4.79 Å². The molecule has 0 spiro atoms. The summed E-state index contributed by atoms with van der Waals surface area (Å²) in [6.45, 7) is 1.64. The molecule has 0 saturated heterocycles. The third-order valence-corrected chi connectivity index (χ3v) is 0.915. The van der Waals surface area contributed by atoms with Crippen LogP contribution in [0.4, 0.5) is 0 Å². The third kappa shape index (κ3) is 3.36. The number of carbonyl (C=O) groups is 1. The third-order valence-electron chi connectivity index (χ3n) is 0.915. The molecule has 0 aliphatic carbocycles. The van der Waals surface area contributed by atoms with Crippen molar-refractivity contribution < 1.29 is 4.79 Å². The van der Waals surface area contributed by atoms with Crippen LogP contribution < -0.4 is 5.73 Å². The van der Waals surface area contributed by atoms with Crippen LogP contribution in [0.5, 0.6) is 0 Å². The molecule has 0 atom stereocenters. The number of primary amides is 1. The van der Waals surface area contributed by atoms with Crippen LogP contribution in [-0.4, -0.2) is 5.91 Å². The number of hydrogen-bond donors (Lipinski definition) is 1. The molecule has 0 fully saturated rings. The van der Waals surface area contributed by atoms with E-state index in [2.05, 4.69) is 5.92 Å². The van der Waals surface area contributed by atoms with Crippen molar-refractivity contribution in [1.29, 1.82) is 0 Å². The predicted molar refractivity (Wildman–Crippen MR) is 36.4 cm³/mol. The fourth-order valence-corrected chi connectivity index (χ4v) is 0.313. The minimum Gasteiger partial charge on any atom is -0.366 e. The summed E-state index contributed by atoms with van der Waals surface area (Å²) in [6.07, 6.45) is 7.02. The summed E-state index contributed by atoms with van der Waals surface area (Å²) in [5.74, 6) is 1.96. The van der Waals surface area contributed by atoms with E-state index in [4.69, 9.17) is 12.2 Å². The van der Waals surface area contributed by atoms with Crippen molar-refractivity contribution in [3.8, 4) is 12.3 Å². The molecule has 0 rings (SSSR count). The number of terminal acetylenes is 1. The first-order chi connectivity index (χ1) is 4.18. The van der Waals surface area contributed by atoms with Crippen molar-refractivity contribution in [3.05, 3.63) is 11.6 Å². The Balaban J connectivity index is 3.88. The quantitative estimate of drug-likeness (QED) is 0.420. The summed E-state index contributed by atoms with van der Waals surface area (Å²) in [5.41, 5.74) is 5.42. The van der Waals surface area contributed by atoms with Crippen LogP contribution in [0.1, 0.15) is 13.3 Å². The molecule has 0 saturated carbocycles. The molecule has 1 amide bonds. The second-order valence-corrected chi connectivity index (χ2v) is 1.66. The van der Waals surface area contributed by atoms with Gasteiger partial charge in [-0.15, -0.1) is 12.3 Å². The van der Waals surface area contributed by atoms with E-state index in [1.807, 2.05) is 0 Å². The Morgan fingerprint density at radius 3 is 2.78 bits per heavy atom. The summed E-state index contributed by atoms with van der Waals surface area (Å²) in [5, 5.41) is 0. The topological polar surface area (TPSA) is 43.1 Å². The van der Waals surface area contributed by atoms with Gasteiger partial charge in [0.1, 0.15) is 0 Å². The monoisotopic (exact) mass is 123 g/mol. The molecule has 0 unspecified atom stereocenters. The van der Waals surface area contributed by atoms with Gasteiger partial charge in [0, 0.05) is 12.0 Å². The second-order valence-electron chi connectivity index (χ2n) is 1.66. The van der Waals surface area contributed by atoms with Gasteiger partial charge in [-0.3, -0.25) is 4.79 Å². The number of amides is 1. The molecule has 0 aromatic carbocycles. The Hall–Kier alpha value is -1.23. The average Bonchev–Trinajstić information content (AvgIpc) is 1.82.